The van der Waals surface area contributed by atoms with Gasteiger partial charge in [-0.2, -0.15) is 13.2 Å². The minimum absolute atomic E-state index is 0. The smallest absolute Gasteiger partial charge is 0.390 e. The SMILES string of the molecule is CCNC(=NCCC(F)(F)F)N(C)CCOc1cccc(Cl)c1.I. The molecule has 0 atom stereocenters. The standard InChI is InChI=1S/C15H21ClF3N3O.HI/c1-3-20-14(21-8-7-15(17,18)19)22(2)9-10-23-13-6-4-5-12(16)11-13;/h4-6,11H,3,7-10H2,1-2H3,(H,20,21);1H. The number of rotatable bonds is 7. The van der Waals surface area contributed by atoms with Crippen molar-refractivity contribution in [2.45, 2.75) is 19.5 Å². The lowest BCUT2D eigenvalue weighted by molar-refractivity contribution is -0.132. The van der Waals surface area contributed by atoms with Crippen molar-refractivity contribution < 1.29 is 17.9 Å². The van der Waals surface area contributed by atoms with Crippen molar-refractivity contribution in [3.8, 4) is 5.75 Å². The van der Waals surface area contributed by atoms with Crippen molar-refractivity contribution >= 4 is 41.5 Å². The molecule has 0 fully saturated rings. The minimum Gasteiger partial charge on any atom is -0.492 e. The van der Waals surface area contributed by atoms with Gasteiger partial charge in [0.25, 0.3) is 0 Å². The van der Waals surface area contributed by atoms with E-state index in [4.69, 9.17) is 16.3 Å². The molecule has 0 aromatic heterocycles. The zero-order chi connectivity index (χ0) is 17.3. The van der Waals surface area contributed by atoms with E-state index in [1.807, 2.05) is 6.92 Å². The summed E-state index contributed by atoms with van der Waals surface area (Å²) in [5, 5.41) is 3.54. The molecule has 9 heteroatoms. The lowest BCUT2D eigenvalue weighted by Crippen LogP contribution is -2.41. The van der Waals surface area contributed by atoms with E-state index < -0.39 is 12.6 Å². The van der Waals surface area contributed by atoms with Crippen molar-refractivity contribution in [1.82, 2.24) is 10.2 Å². The van der Waals surface area contributed by atoms with Crippen molar-refractivity contribution in [3.63, 3.8) is 0 Å². The maximum absolute atomic E-state index is 12.2. The Labute approximate surface area is 162 Å². The lowest BCUT2D eigenvalue weighted by Gasteiger charge is -2.22. The van der Waals surface area contributed by atoms with Gasteiger partial charge in [-0.25, -0.2) is 0 Å². The van der Waals surface area contributed by atoms with Gasteiger partial charge in [-0.05, 0) is 25.1 Å². The van der Waals surface area contributed by atoms with Crippen LogP contribution in [0.5, 0.6) is 5.75 Å². The molecule has 0 unspecified atom stereocenters. The molecule has 1 aromatic rings. The highest BCUT2D eigenvalue weighted by molar-refractivity contribution is 14.0. The van der Waals surface area contributed by atoms with Gasteiger partial charge in [0, 0.05) is 18.6 Å². The fraction of sp³-hybridized carbons (Fsp3) is 0.533. The average Bonchev–Trinajstić information content (AvgIpc) is 2.45. The van der Waals surface area contributed by atoms with Gasteiger partial charge in [0.1, 0.15) is 12.4 Å². The van der Waals surface area contributed by atoms with Gasteiger partial charge in [0.05, 0.1) is 19.5 Å². The molecule has 0 aliphatic carbocycles. The van der Waals surface area contributed by atoms with Gasteiger partial charge in [0.15, 0.2) is 5.96 Å². The van der Waals surface area contributed by atoms with E-state index in [9.17, 15) is 13.2 Å². The molecule has 0 saturated heterocycles. The zero-order valence-corrected chi connectivity index (χ0v) is 16.7. The quantitative estimate of drug-likeness (QED) is 0.362. The van der Waals surface area contributed by atoms with Crippen LogP contribution in [0.1, 0.15) is 13.3 Å². The number of benzene rings is 1. The number of halogens is 5. The highest BCUT2D eigenvalue weighted by Crippen LogP contribution is 2.19. The van der Waals surface area contributed by atoms with E-state index in [1.54, 1.807) is 36.2 Å². The molecular weight excluding hydrogens is 458 g/mol. The first-order chi connectivity index (χ1) is 10.8. The molecular formula is C15H22ClF3IN3O. The van der Waals surface area contributed by atoms with Gasteiger partial charge in [-0.1, -0.05) is 17.7 Å². The van der Waals surface area contributed by atoms with Crippen molar-refractivity contribution in [2.75, 3.05) is 33.3 Å². The Morgan fingerprint density at radius 3 is 2.67 bits per heavy atom. The predicted octanol–water partition coefficient (Wildman–Crippen LogP) is 4.19. The molecule has 1 aromatic carbocycles. The van der Waals surface area contributed by atoms with Crippen LogP contribution >= 0.6 is 35.6 Å². The van der Waals surface area contributed by atoms with Crippen LogP contribution in [0.2, 0.25) is 5.02 Å². The Morgan fingerprint density at radius 2 is 2.08 bits per heavy atom. The van der Waals surface area contributed by atoms with Crippen LogP contribution in [0.25, 0.3) is 0 Å². The molecule has 0 radical (unpaired) electrons. The van der Waals surface area contributed by atoms with Crippen LogP contribution in [0.4, 0.5) is 13.2 Å². The second-order valence-corrected chi connectivity index (χ2v) is 5.26. The van der Waals surface area contributed by atoms with E-state index in [0.717, 1.165) is 0 Å². The summed E-state index contributed by atoms with van der Waals surface area (Å²) in [5.41, 5.74) is 0. The number of likely N-dealkylation sites (N-methyl/N-ethyl adjacent to an activating group) is 1. The first kappa shape index (κ1) is 23.1. The van der Waals surface area contributed by atoms with Crippen LogP contribution in [-0.4, -0.2) is 50.3 Å². The third kappa shape index (κ3) is 10.1. The number of alkyl halides is 3. The molecule has 0 aliphatic heterocycles. The maximum Gasteiger partial charge on any atom is 0.390 e. The Kier molecular flexibility index (Phi) is 11.2. The van der Waals surface area contributed by atoms with Crippen molar-refractivity contribution in [2.24, 2.45) is 4.99 Å². The van der Waals surface area contributed by atoms with Gasteiger partial charge in [-0.15, -0.1) is 24.0 Å². The molecule has 0 heterocycles. The van der Waals surface area contributed by atoms with E-state index in [2.05, 4.69) is 10.3 Å². The monoisotopic (exact) mass is 479 g/mol. The molecule has 0 aliphatic rings. The third-order valence-corrected chi connectivity index (χ3v) is 3.08. The van der Waals surface area contributed by atoms with Crippen LogP contribution in [0.3, 0.4) is 0 Å². The first-order valence-corrected chi connectivity index (χ1v) is 7.64. The lowest BCUT2D eigenvalue weighted by atomic mass is 10.3. The Morgan fingerprint density at radius 1 is 1.38 bits per heavy atom. The molecule has 1 N–H and O–H groups in total. The summed E-state index contributed by atoms with van der Waals surface area (Å²) in [4.78, 5) is 5.70. The highest BCUT2D eigenvalue weighted by atomic mass is 127. The zero-order valence-electron chi connectivity index (χ0n) is 13.6. The Bertz CT molecular complexity index is 515. The van der Waals surface area contributed by atoms with Gasteiger partial charge in [0.2, 0.25) is 0 Å². The normalized spacial score (nSPS) is 11.7. The average molecular weight is 480 g/mol. The number of nitrogens with one attached hydrogen (secondary N) is 1. The molecule has 0 spiro atoms. The predicted molar refractivity (Wildman–Crippen MR) is 102 cm³/mol. The van der Waals surface area contributed by atoms with Gasteiger partial charge < -0.3 is 15.0 Å². The number of guanidine groups is 1. The van der Waals surface area contributed by atoms with Gasteiger partial charge in [-0.3, -0.25) is 4.99 Å². The molecule has 24 heavy (non-hydrogen) atoms. The summed E-state index contributed by atoms with van der Waals surface area (Å²) in [6, 6.07) is 7.01. The van der Waals surface area contributed by atoms with E-state index in [1.165, 1.54) is 0 Å². The van der Waals surface area contributed by atoms with E-state index in [-0.39, 0.29) is 30.5 Å². The summed E-state index contributed by atoms with van der Waals surface area (Å²) in [6.45, 7) is 2.97. The largest absolute Gasteiger partial charge is 0.492 e. The molecule has 4 nitrogen and oxygen atoms in total. The fourth-order valence-corrected chi connectivity index (χ4v) is 1.90. The summed E-state index contributed by atoms with van der Waals surface area (Å²) < 4.78 is 42.1. The number of hydrogen-bond acceptors (Lipinski definition) is 2. The second-order valence-electron chi connectivity index (χ2n) is 4.83. The number of ether oxygens (including phenoxy) is 1. The summed E-state index contributed by atoms with van der Waals surface area (Å²) in [7, 11) is 1.75. The molecule has 0 amide bonds. The first-order valence-electron chi connectivity index (χ1n) is 7.26. The topological polar surface area (TPSA) is 36.9 Å². The van der Waals surface area contributed by atoms with E-state index >= 15 is 0 Å². The maximum atomic E-state index is 12.2. The Hall–Kier alpha value is -0.900. The van der Waals surface area contributed by atoms with Crippen LogP contribution in [0, 0.1) is 0 Å². The van der Waals surface area contributed by atoms with Crippen LogP contribution < -0.4 is 10.1 Å². The summed E-state index contributed by atoms with van der Waals surface area (Å²) >= 11 is 5.86. The van der Waals surface area contributed by atoms with E-state index in [0.29, 0.717) is 36.4 Å². The second kappa shape index (κ2) is 11.6. The number of aliphatic imine (C=N–C) groups is 1. The van der Waals surface area contributed by atoms with Crippen molar-refractivity contribution in [1.29, 1.82) is 0 Å². The van der Waals surface area contributed by atoms with Crippen LogP contribution in [-0.2, 0) is 0 Å². The van der Waals surface area contributed by atoms with Gasteiger partial charge >= 0.3 is 6.18 Å². The molecule has 1 rings (SSSR count). The number of hydrogen-bond donors (Lipinski definition) is 1. The summed E-state index contributed by atoms with van der Waals surface area (Å²) in [6.07, 6.45) is -5.14. The van der Waals surface area contributed by atoms with Crippen LogP contribution in [0.15, 0.2) is 29.3 Å². The molecule has 138 valence electrons. The van der Waals surface area contributed by atoms with Crippen molar-refractivity contribution in [3.05, 3.63) is 29.3 Å². The number of nitrogens with zero attached hydrogens (tertiary/aromatic N) is 2. The fourth-order valence-electron chi connectivity index (χ4n) is 1.72. The third-order valence-electron chi connectivity index (χ3n) is 2.84. The summed E-state index contributed by atoms with van der Waals surface area (Å²) in [5.74, 6) is 1.07. The molecule has 0 bridgehead atoms. The Balaban J connectivity index is 0.00000529. The molecule has 0 saturated carbocycles. The minimum atomic E-state index is -4.20. The highest BCUT2D eigenvalue weighted by Gasteiger charge is 2.26.